The Bertz CT molecular complexity index is 653. The van der Waals surface area contributed by atoms with Crippen LogP contribution in [0.3, 0.4) is 0 Å². The molecule has 6 heteroatoms. The Morgan fingerprint density at radius 3 is 2.86 bits per heavy atom. The zero-order valence-corrected chi connectivity index (χ0v) is 13.9. The molecule has 2 heterocycles. The molecular weight excluding hydrogens is 334 g/mol. The first-order valence-electron chi connectivity index (χ1n) is 6.71. The summed E-state index contributed by atoms with van der Waals surface area (Å²) in [5, 5.41) is 3.21. The molecule has 0 aromatic carbocycles. The molecule has 0 fully saturated rings. The number of carbonyl (C=O) groups is 1. The van der Waals surface area contributed by atoms with Crippen LogP contribution in [0.25, 0.3) is 11.0 Å². The van der Waals surface area contributed by atoms with Crippen LogP contribution in [0.5, 0.6) is 0 Å². The van der Waals surface area contributed by atoms with Gasteiger partial charge in [0, 0.05) is 23.4 Å². The summed E-state index contributed by atoms with van der Waals surface area (Å²) in [4.78, 5) is 20.3. The van der Waals surface area contributed by atoms with Gasteiger partial charge in [0.15, 0.2) is 0 Å². The van der Waals surface area contributed by atoms with Gasteiger partial charge in [-0.05, 0) is 48.8 Å². The van der Waals surface area contributed by atoms with Crippen LogP contribution < -0.4 is 5.32 Å². The van der Waals surface area contributed by atoms with E-state index in [-0.39, 0.29) is 5.97 Å². The zero-order chi connectivity index (χ0) is 15.5. The highest BCUT2D eigenvalue weighted by Gasteiger charge is 2.15. The molecule has 0 radical (unpaired) electrons. The fourth-order valence-electron chi connectivity index (χ4n) is 1.84. The summed E-state index contributed by atoms with van der Waals surface area (Å²) >= 11 is 3.37. The highest BCUT2D eigenvalue weighted by Crippen LogP contribution is 2.22. The Kier molecular flexibility index (Phi) is 4.77. The molecule has 0 saturated carbocycles. The molecule has 0 atom stereocenters. The topological polar surface area (TPSA) is 64.1 Å². The molecule has 112 valence electrons. The van der Waals surface area contributed by atoms with Crippen LogP contribution >= 0.6 is 15.9 Å². The smallest absolute Gasteiger partial charge is 0.308 e. The molecule has 0 bridgehead atoms. The summed E-state index contributed by atoms with van der Waals surface area (Å²) in [7, 11) is 0. The minimum Gasteiger partial charge on any atom is -0.460 e. The van der Waals surface area contributed by atoms with E-state index in [1.54, 1.807) is 12.4 Å². The van der Waals surface area contributed by atoms with Crippen LogP contribution in [-0.2, 0) is 9.53 Å². The van der Waals surface area contributed by atoms with Gasteiger partial charge in [0.25, 0.3) is 0 Å². The highest BCUT2D eigenvalue weighted by molar-refractivity contribution is 9.10. The lowest BCUT2D eigenvalue weighted by Crippen LogP contribution is -2.25. The van der Waals surface area contributed by atoms with Crippen molar-refractivity contribution in [2.75, 3.05) is 11.9 Å². The third-order valence-electron chi connectivity index (χ3n) is 2.61. The van der Waals surface area contributed by atoms with Gasteiger partial charge < -0.3 is 10.1 Å². The van der Waals surface area contributed by atoms with Gasteiger partial charge >= 0.3 is 5.97 Å². The average Bonchev–Trinajstić information content (AvgIpc) is 2.36. The fourth-order valence-corrected chi connectivity index (χ4v) is 2.16. The number of hydrogen-bond acceptors (Lipinski definition) is 5. The summed E-state index contributed by atoms with van der Waals surface area (Å²) in [6.45, 7) is 6.06. The lowest BCUT2D eigenvalue weighted by atomic mass is 10.2. The van der Waals surface area contributed by atoms with Gasteiger partial charge in [-0.15, -0.1) is 0 Å². The fraction of sp³-hybridized carbons (Fsp3) is 0.400. The minimum absolute atomic E-state index is 0.218. The number of carbonyl (C=O) groups excluding carboxylic acids is 1. The molecule has 0 saturated heterocycles. The van der Waals surface area contributed by atoms with E-state index in [0.717, 1.165) is 21.2 Å². The number of halogens is 1. The quantitative estimate of drug-likeness (QED) is 0.853. The highest BCUT2D eigenvalue weighted by atomic mass is 79.9. The predicted octanol–water partition coefficient (Wildman–Crippen LogP) is 3.54. The number of pyridine rings is 2. The molecule has 2 aromatic heterocycles. The van der Waals surface area contributed by atoms with E-state index >= 15 is 0 Å². The van der Waals surface area contributed by atoms with Crippen molar-refractivity contribution in [2.24, 2.45) is 0 Å². The van der Waals surface area contributed by atoms with E-state index in [0.29, 0.717) is 13.0 Å². The summed E-state index contributed by atoms with van der Waals surface area (Å²) in [6, 6.07) is 3.75. The minimum atomic E-state index is -0.450. The summed E-state index contributed by atoms with van der Waals surface area (Å²) in [6.07, 6.45) is 3.74. The van der Waals surface area contributed by atoms with Crippen molar-refractivity contribution in [2.45, 2.75) is 32.8 Å². The first-order valence-corrected chi connectivity index (χ1v) is 7.50. The van der Waals surface area contributed by atoms with Crippen molar-refractivity contribution in [3.8, 4) is 0 Å². The van der Waals surface area contributed by atoms with Gasteiger partial charge in [0.1, 0.15) is 11.1 Å². The maximum absolute atomic E-state index is 11.7. The monoisotopic (exact) mass is 351 g/mol. The largest absolute Gasteiger partial charge is 0.460 e. The van der Waals surface area contributed by atoms with Crippen LogP contribution in [0.4, 0.5) is 5.69 Å². The van der Waals surface area contributed by atoms with Crippen molar-refractivity contribution in [3.63, 3.8) is 0 Å². The standard InChI is InChI=1S/C15H18BrN3O2/c1-15(2,3)21-13(20)5-7-17-11-4-6-18-12-8-10(16)9-19-14(11)12/h4,6,8-9H,5,7H2,1-3H3,(H,17,18). The molecule has 2 rings (SSSR count). The van der Waals surface area contributed by atoms with E-state index in [1.807, 2.05) is 32.9 Å². The first kappa shape index (κ1) is 15.7. The molecule has 0 amide bonds. The molecule has 5 nitrogen and oxygen atoms in total. The van der Waals surface area contributed by atoms with Crippen molar-refractivity contribution in [3.05, 3.63) is 29.0 Å². The number of nitrogens with one attached hydrogen (secondary N) is 1. The molecule has 0 spiro atoms. The van der Waals surface area contributed by atoms with Crippen LogP contribution in [-0.4, -0.2) is 28.1 Å². The van der Waals surface area contributed by atoms with Gasteiger partial charge in [0.2, 0.25) is 0 Å². The van der Waals surface area contributed by atoms with Crippen LogP contribution in [0.1, 0.15) is 27.2 Å². The molecule has 0 aliphatic carbocycles. The third-order valence-corrected chi connectivity index (χ3v) is 3.04. The predicted molar refractivity (Wildman–Crippen MR) is 86.2 cm³/mol. The molecule has 21 heavy (non-hydrogen) atoms. The second-order valence-corrected chi connectivity index (χ2v) is 6.56. The molecule has 0 unspecified atom stereocenters. The Labute approximate surface area is 132 Å². The van der Waals surface area contributed by atoms with Crippen molar-refractivity contribution in [1.82, 2.24) is 9.97 Å². The Balaban J connectivity index is 1.99. The number of fused-ring (bicyclic) bond motifs is 1. The zero-order valence-electron chi connectivity index (χ0n) is 12.3. The Morgan fingerprint density at radius 1 is 1.38 bits per heavy atom. The number of anilines is 1. The maximum Gasteiger partial charge on any atom is 0.308 e. The number of esters is 1. The van der Waals surface area contributed by atoms with E-state index in [9.17, 15) is 4.79 Å². The molecule has 1 N–H and O–H groups in total. The maximum atomic E-state index is 11.7. The average molecular weight is 352 g/mol. The first-order chi connectivity index (χ1) is 9.85. The summed E-state index contributed by atoms with van der Waals surface area (Å²) in [5.74, 6) is -0.218. The van der Waals surface area contributed by atoms with Gasteiger partial charge in [0.05, 0.1) is 17.6 Å². The van der Waals surface area contributed by atoms with Crippen LogP contribution in [0.2, 0.25) is 0 Å². The van der Waals surface area contributed by atoms with Crippen molar-refractivity contribution < 1.29 is 9.53 Å². The lowest BCUT2D eigenvalue weighted by Gasteiger charge is -2.19. The van der Waals surface area contributed by atoms with Gasteiger partial charge in [-0.25, -0.2) is 0 Å². The number of rotatable bonds is 4. The van der Waals surface area contributed by atoms with Crippen LogP contribution in [0, 0.1) is 0 Å². The van der Waals surface area contributed by atoms with E-state index in [4.69, 9.17) is 4.74 Å². The number of nitrogens with zero attached hydrogens (tertiary/aromatic N) is 2. The second kappa shape index (κ2) is 6.39. The van der Waals surface area contributed by atoms with Crippen molar-refractivity contribution in [1.29, 1.82) is 0 Å². The van der Waals surface area contributed by atoms with Gasteiger partial charge in [-0.2, -0.15) is 0 Å². The number of hydrogen-bond donors (Lipinski definition) is 1. The second-order valence-electron chi connectivity index (χ2n) is 5.64. The number of aromatic nitrogens is 2. The van der Waals surface area contributed by atoms with E-state index < -0.39 is 5.60 Å². The molecule has 0 aliphatic heterocycles. The van der Waals surface area contributed by atoms with Crippen LogP contribution in [0.15, 0.2) is 29.0 Å². The molecule has 0 aliphatic rings. The van der Waals surface area contributed by atoms with E-state index in [2.05, 4.69) is 31.2 Å². The summed E-state index contributed by atoms with van der Waals surface area (Å²) in [5.41, 5.74) is 1.99. The third kappa shape index (κ3) is 4.67. The van der Waals surface area contributed by atoms with E-state index in [1.165, 1.54) is 0 Å². The summed E-state index contributed by atoms with van der Waals surface area (Å²) < 4.78 is 6.15. The normalized spacial score (nSPS) is 11.4. The van der Waals surface area contributed by atoms with Gasteiger partial charge in [-0.3, -0.25) is 14.8 Å². The van der Waals surface area contributed by atoms with Crippen molar-refractivity contribution >= 4 is 38.6 Å². The Morgan fingerprint density at radius 2 is 2.14 bits per heavy atom. The Hall–Kier alpha value is -1.69. The number of ether oxygens (including phenoxy) is 1. The SMILES string of the molecule is CC(C)(C)OC(=O)CCNc1ccnc2cc(Br)cnc12. The molecule has 2 aromatic rings. The van der Waals surface area contributed by atoms with Gasteiger partial charge in [-0.1, -0.05) is 0 Å². The molecular formula is C15H18BrN3O2. The lowest BCUT2D eigenvalue weighted by molar-refractivity contribution is -0.154.